The maximum atomic E-state index is 12.2. The number of nitrogens with one attached hydrogen (secondary N) is 2. The second kappa shape index (κ2) is 8.23. The summed E-state index contributed by atoms with van der Waals surface area (Å²) in [5, 5.41) is 2.11. The van der Waals surface area contributed by atoms with E-state index < -0.39 is 17.9 Å². The molecule has 0 aliphatic rings. The van der Waals surface area contributed by atoms with Crippen LogP contribution in [0.25, 0.3) is 10.8 Å². The van der Waals surface area contributed by atoms with Crippen molar-refractivity contribution in [1.82, 2.24) is 10.9 Å². The topological polar surface area (TPSA) is 76.7 Å². The van der Waals surface area contributed by atoms with Crippen LogP contribution >= 0.6 is 0 Å². The van der Waals surface area contributed by atoms with E-state index in [1.54, 1.807) is 38.3 Å². The zero-order valence-electron chi connectivity index (χ0n) is 15.1. The van der Waals surface area contributed by atoms with Crippen molar-refractivity contribution in [2.75, 3.05) is 7.11 Å². The van der Waals surface area contributed by atoms with Crippen LogP contribution in [0.1, 0.15) is 17.3 Å². The van der Waals surface area contributed by atoms with Crippen LogP contribution in [-0.4, -0.2) is 25.0 Å². The van der Waals surface area contributed by atoms with Crippen molar-refractivity contribution in [3.8, 4) is 11.5 Å². The number of hydrogen-bond donors (Lipinski definition) is 2. The fraction of sp³-hybridized carbons (Fsp3) is 0.143. The molecule has 138 valence electrons. The summed E-state index contributed by atoms with van der Waals surface area (Å²) in [7, 11) is 1.55. The fourth-order valence-electron chi connectivity index (χ4n) is 2.53. The van der Waals surface area contributed by atoms with E-state index in [9.17, 15) is 9.59 Å². The lowest BCUT2D eigenvalue weighted by Gasteiger charge is -2.15. The highest BCUT2D eigenvalue weighted by molar-refractivity contribution is 5.95. The highest BCUT2D eigenvalue weighted by Crippen LogP contribution is 2.21. The van der Waals surface area contributed by atoms with Crippen LogP contribution in [0.4, 0.5) is 0 Å². The minimum atomic E-state index is -0.776. The molecule has 6 heteroatoms. The third kappa shape index (κ3) is 4.55. The largest absolute Gasteiger partial charge is 0.497 e. The average molecular weight is 364 g/mol. The molecule has 3 rings (SSSR count). The van der Waals surface area contributed by atoms with Gasteiger partial charge in [0.15, 0.2) is 6.10 Å². The summed E-state index contributed by atoms with van der Waals surface area (Å²) < 4.78 is 10.7. The molecule has 0 radical (unpaired) electrons. The summed E-state index contributed by atoms with van der Waals surface area (Å²) in [5.41, 5.74) is 5.15. The van der Waals surface area contributed by atoms with E-state index in [2.05, 4.69) is 10.9 Å². The molecule has 0 spiro atoms. The molecule has 0 unspecified atom stereocenters. The van der Waals surface area contributed by atoms with E-state index in [1.807, 2.05) is 42.5 Å². The third-order valence-electron chi connectivity index (χ3n) is 4.05. The van der Waals surface area contributed by atoms with Gasteiger partial charge in [-0.3, -0.25) is 20.4 Å². The Morgan fingerprint density at radius 2 is 1.52 bits per heavy atom. The van der Waals surface area contributed by atoms with Crippen molar-refractivity contribution in [1.29, 1.82) is 0 Å². The standard InChI is InChI=1S/C21H20N2O4/c1-14(27-19-12-7-15-5-3-4-6-17(15)13-19)20(24)22-23-21(25)16-8-10-18(26-2)11-9-16/h3-14H,1-2H3,(H,22,24)(H,23,25)/t14-/m1/s1. The number of ether oxygens (including phenoxy) is 2. The number of amides is 2. The van der Waals surface area contributed by atoms with E-state index in [-0.39, 0.29) is 0 Å². The molecule has 2 amide bonds. The third-order valence-corrected chi connectivity index (χ3v) is 4.05. The highest BCUT2D eigenvalue weighted by atomic mass is 16.5. The van der Waals surface area contributed by atoms with Gasteiger partial charge in [0.2, 0.25) is 0 Å². The quantitative estimate of drug-likeness (QED) is 0.682. The Labute approximate surface area is 157 Å². The molecule has 0 aromatic heterocycles. The fourth-order valence-corrected chi connectivity index (χ4v) is 2.53. The molecular weight excluding hydrogens is 344 g/mol. The minimum absolute atomic E-state index is 0.402. The van der Waals surface area contributed by atoms with Crippen LogP contribution < -0.4 is 20.3 Å². The van der Waals surface area contributed by atoms with Gasteiger partial charge in [0.1, 0.15) is 11.5 Å². The number of methoxy groups -OCH3 is 1. The van der Waals surface area contributed by atoms with Crippen LogP contribution in [-0.2, 0) is 4.79 Å². The van der Waals surface area contributed by atoms with E-state index >= 15 is 0 Å². The van der Waals surface area contributed by atoms with Gasteiger partial charge in [-0.2, -0.15) is 0 Å². The van der Waals surface area contributed by atoms with Gasteiger partial charge >= 0.3 is 0 Å². The molecule has 2 N–H and O–H groups in total. The lowest BCUT2D eigenvalue weighted by atomic mass is 10.1. The Morgan fingerprint density at radius 1 is 0.852 bits per heavy atom. The number of fused-ring (bicyclic) bond motifs is 1. The second-order valence-corrected chi connectivity index (χ2v) is 5.94. The monoisotopic (exact) mass is 364 g/mol. The van der Waals surface area contributed by atoms with E-state index in [4.69, 9.17) is 9.47 Å². The summed E-state index contributed by atoms with van der Waals surface area (Å²) >= 11 is 0. The normalized spacial score (nSPS) is 11.5. The molecule has 0 heterocycles. The van der Waals surface area contributed by atoms with Gasteiger partial charge in [0.25, 0.3) is 11.8 Å². The molecule has 0 fully saturated rings. The number of benzene rings is 3. The number of carbonyl (C=O) groups excluding carboxylic acids is 2. The minimum Gasteiger partial charge on any atom is -0.497 e. The average Bonchev–Trinajstić information content (AvgIpc) is 2.71. The first-order valence-corrected chi connectivity index (χ1v) is 8.46. The second-order valence-electron chi connectivity index (χ2n) is 5.94. The molecule has 0 aliphatic carbocycles. The van der Waals surface area contributed by atoms with Crippen LogP contribution in [0.15, 0.2) is 66.7 Å². The van der Waals surface area contributed by atoms with E-state index in [0.717, 1.165) is 10.8 Å². The van der Waals surface area contributed by atoms with Crippen molar-refractivity contribution in [2.24, 2.45) is 0 Å². The van der Waals surface area contributed by atoms with Gasteiger partial charge in [-0.05, 0) is 54.1 Å². The van der Waals surface area contributed by atoms with Crippen LogP contribution in [0.3, 0.4) is 0 Å². The summed E-state index contributed by atoms with van der Waals surface area (Å²) in [6, 6.07) is 20.0. The maximum absolute atomic E-state index is 12.2. The van der Waals surface area contributed by atoms with Crippen LogP contribution in [0.2, 0.25) is 0 Å². The zero-order chi connectivity index (χ0) is 19.2. The number of hydrogen-bond acceptors (Lipinski definition) is 4. The first-order valence-electron chi connectivity index (χ1n) is 8.46. The molecule has 0 bridgehead atoms. The maximum Gasteiger partial charge on any atom is 0.279 e. The predicted octanol–water partition coefficient (Wildman–Crippen LogP) is 3.08. The van der Waals surface area contributed by atoms with Crippen LogP contribution in [0.5, 0.6) is 11.5 Å². The molecular formula is C21H20N2O4. The number of rotatable bonds is 5. The molecule has 3 aromatic carbocycles. The van der Waals surface area contributed by atoms with Gasteiger partial charge in [0, 0.05) is 5.56 Å². The molecule has 3 aromatic rings. The van der Waals surface area contributed by atoms with Crippen molar-refractivity contribution in [2.45, 2.75) is 13.0 Å². The zero-order valence-corrected chi connectivity index (χ0v) is 15.1. The number of carbonyl (C=O) groups is 2. The molecule has 6 nitrogen and oxygen atoms in total. The lowest BCUT2D eigenvalue weighted by Crippen LogP contribution is -2.47. The summed E-state index contributed by atoms with van der Waals surface area (Å²) in [6.45, 7) is 1.62. The van der Waals surface area contributed by atoms with Crippen molar-refractivity contribution in [3.05, 3.63) is 72.3 Å². The Kier molecular flexibility index (Phi) is 5.56. The van der Waals surface area contributed by atoms with E-state index in [1.165, 1.54) is 0 Å². The van der Waals surface area contributed by atoms with Crippen molar-refractivity contribution < 1.29 is 19.1 Å². The van der Waals surface area contributed by atoms with Gasteiger partial charge in [0.05, 0.1) is 7.11 Å². The molecule has 27 heavy (non-hydrogen) atoms. The highest BCUT2D eigenvalue weighted by Gasteiger charge is 2.16. The predicted molar refractivity (Wildman–Crippen MR) is 103 cm³/mol. The van der Waals surface area contributed by atoms with Gasteiger partial charge < -0.3 is 9.47 Å². The first kappa shape index (κ1) is 18.3. The van der Waals surface area contributed by atoms with Crippen molar-refractivity contribution >= 4 is 22.6 Å². The molecule has 1 atom stereocenters. The Morgan fingerprint density at radius 3 is 2.22 bits per heavy atom. The smallest absolute Gasteiger partial charge is 0.279 e. The van der Waals surface area contributed by atoms with Gasteiger partial charge in [-0.1, -0.05) is 30.3 Å². The first-order chi connectivity index (χ1) is 13.1. The van der Waals surface area contributed by atoms with Gasteiger partial charge in [-0.15, -0.1) is 0 Å². The van der Waals surface area contributed by atoms with Crippen LogP contribution in [0, 0.1) is 0 Å². The summed E-state index contributed by atoms with van der Waals surface area (Å²) in [4.78, 5) is 24.2. The number of hydrazine groups is 1. The SMILES string of the molecule is COc1ccc(C(=O)NNC(=O)[C@@H](C)Oc2ccc3ccccc3c2)cc1. The van der Waals surface area contributed by atoms with E-state index in [0.29, 0.717) is 17.1 Å². The Bertz CT molecular complexity index is 954. The molecule has 0 aliphatic heterocycles. The molecule has 0 saturated carbocycles. The van der Waals surface area contributed by atoms with Crippen molar-refractivity contribution in [3.63, 3.8) is 0 Å². The Balaban J connectivity index is 1.55. The Hall–Kier alpha value is -3.54. The van der Waals surface area contributed by atoms with Gasteiger partial charge in [-0.25, -0.2) is 0 Å². The summed E-state index contributed by atoms with van der Waals surface area (Å²) in [6.07, 6.45) is -0.776. The summed E-state index contributed by atoms with van der Waals surface area (Å²) in [5.74, 6) is 0.347. The molecule has 0 saturated heterocycles. The lowest BCUT2D eigenvalue weighted by molar-refractivity contribution is -0.128.